The topological polar surface area (TPSA) is 50.9 Å². The summed E-state index contributed by atoms with van der Waals surface area (Å²) in [6.45, 7) is 10.3. The lowest BCUT2D eigenvalue weighted by atomic mass is 9.94. The van der Waals surface area contributed by atoms with E-state index >= 15 is 0 Å². The molecule has 0 amide bonds. The van der Waals surface area contributed by atoms with E-state index in [9.17, 15) is 5.11 Å². The highest BCUT2D eigenvalue weighted by Crippen LogP contribution is 2.26. The number of aryl methyl sites for hydroxylation is 3. The average Bonchev–Trinajstić information content (AvgIpc) is 2.75. The summed E-state index contributed by atoms with van der Waals surface area (Å²) in [6, 6.07) is 4.47. The molecule has 0 bridgehead atoms. The first kappa shape index (κ1) is 14.7. The Morgan fingerprint density at radius 2 is 1.75 bits per heavy atom. The second-order valence-electron chi connectivity index (χ2n) is 5.75. The lowest BCUT2D eigenvalue weighted by Crippen LogP contribution is -2.13. The molecule has 1 aromatic heterocycles. The molecular weight excluding hydrogens is 250 g/mol. The molecule has 1 heterocycles. The molecule has 1 unspecified atom stereocenters. The van der Waals surface area contributed by atoms with Crippen LogP contribution in [0.5, 0.6) is 0 Å². The number of nitrogens with zero attached hydrogens (tertiary/aromatic N) is 3. The first-order valence-electron chi connectivity index (χ1n) is 7.04. The maximum absolute atomic E-state index is 10.6. The number of hydrogen-bond acceptors (Lipinski definition) is 3. The number of aliphatic hydroxyl groups is 1. The Labute approximate surface area is 120 Å². The Kier molecular flexibility index (Phi) is 4.23. The summed E-state index contributed by atoms with van der Waals surface area (Å²) in [4.78, 5) is 4.27. The predicted molar refractivity (Wildman–Crippen MR) is 79.7 cm³/mol. The van der Waals surface area contributed by atoms with Crippen LogP contribution in [0, 0.1) is 20.8 Å². The highest BCUT2D eigenvalue weighted by Gasteiger charge is 2.18. The van der Waals surface area contributed by atoms with Crippen LogP contribution in [-0.4, -0.2) is 19.9 Å². The number of aromatic nitrogens is 3. The van der Waals surface area contributed by atoms with E-state index < -0.39 is 6.10 Å². The molecule has 1 N–H and O–H groups in total. The van der Waals surface area contributed by atoms with Gasteiger partial charge in [0, 0.05) is 12.5 Å². The average molecular weight is 273 g/mol. The lowest BCUT2D eigenvalue weighted by Gasteiger charge is -2.18. The van der Waals surface area contributed by atoms with Gasteiger partial charge in [-0.2, -0.15) is 5.10 Å². The first-order chi connectivity index (χ1) is 9.40. The minimum atomic E-state index is -0.544. The molecule has 0 spiro atoms. The van der Waals surface area contributed by atoms with E-state index in [2.05, 4.69) is 43.0 Å². The van der Waals surface area contributed by atoms with Gasteiger partial charge < -0.3 is 5.11 Å². The maximum atomic E-state index is 10.6. The summed E-state index contributed by atoms with van der Waals surface area (Å²) in [5.74, 6) is 0.826. The van der Waals surface area contributed by atoms with Crippen molar-refractivity contribution in [1.29, 1.82) is 0 Å². The van der Waals surface area contributed by atoms with Gasteiger partial charge in [0.05, 0.1) is 6.10 Å². The van der Waals surface area contributed by atoms with Crippen molar-refractivity contribution in [3.8, 4) is 0 Å². The summed E-state index contributed by atoms with van der Waals surface area (Å²) in [5, 5.41) is 14.8. The summed E-state index contributed by atoms with van der Waals surface area (Å²) in [7, 11) is 0. The third-order valence-corrected chi connectivity index (χ3v) is 3.58. The van der Waals surface area contributed by atoms with E-state index in [1.54, 1.807) is 6.33 Å². The van der Waals surface area contributed by atoms with Crippen LogP contribution in [0.2, 0.25) is 0 Å². The Morgan fingerprint density at radius 3 is 2.30 bits per heavy atom. The van der Waals surface area contributed by atoms with Crippen LogP contribution in [0.4, 0.5) is 0 Å². The Bertz CT molecular complexity index is 579. The zero-order chi connectivity index (χ0) is 14.9. The Hall–Kier alpha value is -1.68. The molecular formula is C16H23N3O. The van der Waals surface area contributed by atoms with Gasteiger partial charge >= 0.3 is 0 Å². The first-order valence-corrected chi connectivity index (χ1v) is 7.04. The summed E-state index contributed by atoms with van der Waals surface area (Å²) < 4.78 is 1.86. The minimum absolute atomic E-state index is 0.250. The number of rotatable bonds is 4. The van der Waals surface area contributed by atoms with E-state index in [0.717, 1.165) is 22.5 Å². The van der Waals surface area contributed by atoms with Crippen molar-refractivity contribution in [2.24, 2.45) is 0 Å². The van der Waals surface area contributed by atoms with Gasteiger partial charge in [-0.05, 0) is 51.3 Å². The predicted octanol–water partition coefficient (Wildman–Crippen LogP) is 3.06. The molecule has 0 aliphatic carbocycles. The molecule has 0 aliphatic heterocycles. The summed E-state index contributed by atoms with van der Waals surface area (Å²) in [5.41, 5.74) is 4.49. The van der Waals surface area contributed by atoms with Crippen molar-refractivity contribution in [2.45, 2.75) is 53.2 Å². The molecule has 2 rings (SSSR count). The Morgan fingerprint density at radius 1 is 1.15 bits per heavy atom. The van der Waals surface area contributed by atoms with Gasteiger partial charge in [0.2, 0.25) is 0 Å². The molecule has 20 heavy (non-hydrogen) atoms. The fourth-order valence-corrected chi connectivity index (χ4v) is 2.84. The van der Waals surface area contributed by atoms with Crippen molar-refractivity contribution < 1.29 is 5.11 Å². The molecule has 0 fully saturated rings. The van der Waals surface area contributed by atoms with Gasteiger partial charge in [0.1, 0.15) is 12.2 Å². The van der Waals surface area contributed by atoms with Crippen LogP contribution in [0.25, 0.3) is 0 Å². The van der Waals surface area contributed by atoms with E-state index in [1.165, 1.54) is 5.56 Å². The third-order valence-electron chi connectivity index (χ3n) is 3.58. The third kappa shape index (κ3) is 2.90. The fraction of sp³-hybridized carbons (Fsp3) is 0.500. The second-order valence-corrected chi connectivity index (χ2v) is 5.75. The van der Waals surface area contributed by atoms with Gasteiger partial charge in [0.15, 0.2) is 0 Å². The van der Waals surface area contributed by atoms with Crippen molar-refractivity contribution in [3.05, 3.63) is 46.5 Å². The molecule has 0 aliphatic rings. The molecule has 0 saturated heterocycles. The lowest BCUT2D eigenvalue weighted by molar-refractivity contribution is 0.172. The van der Waals surface area contributed by atoms with Crippen LogP contribution < -0.4 is 0 Å². The fourth-order valence-electron chi connectivity index (χ4n) is 2.84. The maximum Gasteiger partial charge on any atom is 0.138 e. The van der Waals surface area contributed by atoms with Gasteiger partial charge in [-0.1, -0.05) is 17.7 Å². The molecule has 108 valence electrons. The number of benzene rings is 1. The molecule has 2 aromatic rings. The zero-order valence-electron chi connectivity index (χ0n) is 12.9. The van der Waals surface area contributed by atoms with Crippen LogP contribution >= 0.6 is 0 Å². The van der Waals surface area contributed by atoms with Crippen LogP contribution in [0.3, 0.4) is 0 Å². The van der Waals surface area contributed by atoms with Crippen LogP contribution in [0.1, 0.15) is 54.1 Å². The van der Waals surface area contributed by atoms with Gasteiger partial charge in [-0.3, -0.25) is 0 Å². The van der Waals surface area contributed by atoms with E-state index in [-0.39, 0.29) is 6.04 Å². The quantitative estimate of drug-likeness (QED) is 0.931. The van der Waals surface area contributed by atoms with E-state index in [4.69, 9.17) is 0 Å². The van der Waals surface area contributed by atoms with Gasteiger partial charge in [-0.15, -0.1) is 0 Å². The smallest absolute Gasteiger partial charge is 0.138 e. The molecule has 4 heteroatoms. The zero-order valence-corrected chi connectivity index (χ0v) is 12.9. The number of hydrogen-bond donors (Lipinski definition) is 1. The largest absolute Gasteiger partial charge is 0.388 e. The van der Waals surface area contributed by atoms with Crippen LogP contribution in [-0.2, 0) is 6.42 Å². The highest BCUT2D eigenvalue weighted by molar-refractivity contribution is 5.39. The van der Waals surface area contributed by atoms with Crippen molar-refractivity contribution >= 4 is 0 Å². The van der Waals surface area contributed by atoms with Gasteiger partial charge in [-0.25, -0.2) is 9.67 Å². The van der Waals surface area contributed by atoms with Crippen LogP contribution in [0.15, 0.2) is 18.5 Å². The Balaban J connectivity index is 2.29. The summed E-state index contributed by atoms with van der Waals surface area (Å²) in [6.07, 6.45) is 1.50. The SMILES string of the molecule is Cc1cc(C)c(C(O)Cc2ncnn2C(C)C)c(C)c1. The van der Waals surface area contributed by atoms with E-state index in [0.29, 0.717) is 6.42 Å². The highest BCUT2D eigenvalue weighted by atomic mass is 16.3. The molecule has 1 aromatic carbocycles. The van der Waals surface area contributed by atoms with Crippen molar-refractivity contribution in [3.63, 3.8) is 0 Å². The van der Waals surface area contributed by atoms with Crippen molar-refractivity contribution in [2.75, 3.05) is 0 Å². The van der Waals surface area contributed by atoms with Gasteiger partial charge in [0.25, 0.3) is 0 Å². The molecule has 1 atom stereocenters. The van der Waals surface area contributed by atoms with E-state index in [1.807, 2.05) is 18.5 Å². The number of aliphatic hydroxyl groups excluding tert-OH is 1. The standard InChI is InChI=1S/C16H23N3O/c1-10(2)19-15(17-9-18-19)8-14(20)16-12(4)6-11(3)7-13(16)5/h6-7,9-10,14,20H,8H2,1-5H3. The molecule has 0 saturated carbocycles. The normalized spacial score (nSPS) is 12.9. The monoisotopic (exact) mass is 273 g/mol. The van der Waals surface area contributed by atoms with Crippen molar-refractivity contribution in [1.82, 2.24) is 14.8 Å². The molecule has 0 radical (unpaired) electrons. The minimum Gasteiger partial charge on any atom is -0.388 e. The summed E-state index contributed by atoms with van der Waals surface area (Å²) >= 11 is 0. The second kappa shape index (κ2) is 5.75. The molecule has 4 nitrogen and oxygen atoms in total.